The van der Waals surface area contributed by atoms with E-state index in [0.717, 1.165) is 15.7 Å². The molecule has 120 valence electrons. The van der Waals surface area contributed by atoms with Crippen LogP contribution in [0.4, 0.5) is 5.69 Å². The first-order valence-electron chi connectivity index (χ1n) is 7.65. The Kier molecular flexibility index (Phi) is 3.90. The van der Waals surface area contributed by atoms with Crippen molar-refractivity contribution < 1.29 is 9.32 Å². The van der Waals surface area contributed by atoms with Gasteiger partial charge < -0.3 is 9.42 Å². The molecule has 0 bridgehead atoms. The summed E-state index contributed by atoms with van der Waals surface area (Å²) in [5.41, 5.74) is 1.79. The fourth-order valence-electron chi connectivity index (χ4n) is 2.85. The van der Waals surface area contributed by atoms with Crippen LogP contribution in [0.3, 0.4) is 0 Å². The highest BCUT2D eigenvalue weighted by atomic mass is 79.9. The van der Waals surface area contributed by atoms with E-state index in [1.54, 1.807) is 4.90 Å². The van der Waals surface area contributed by atoms with Gasteiger partial charge in [0.1, 0.15) is 0 Å². The number of hydrogen-bond donors (Lipinski definition) is 0. The molecule has 0 spiro atoms. The van der Waals surface area contributed by atoms with Crippen LogP contribution in [0.25, 0.3) is 11.4 Å². The van der Waals surface area contributed by atoms with Crippen LogP contribution >= 0.6 is 15.9 Å². The van der Waals surface area contributed by atoms with E-state index in [1.165, 1.54) is 0 Å². The minimum Gasteiger partial charge on any atom is -0.339 e. The molecule has 24 heavy (non-hydrogen) atoms. The summed E-state index contributed by atoms with van der Waals surface area (Å²) in [7, 11) is 0. The number of benzene rings is 2. The molecule has 0 N–H and O–H groups in total. The molecule has 1 atom stereocenters. The fourth-order valence-corrected chi connectivity index (χ4v) is 3.11. The highest BCUT2D eigenvalue weighted by Gasteiger charge is 2.35. The van der Waals surface area contributed by atoms with Crippen LogP contribution in [0.5, 0.6) is 0 Å². The van der Waals surface area contributed by atoms with Gasteiger partial charge in [0.05, 0.1) is 5.92 Å². The summed E-state index contributed by atoms with van der Waals surface area (Å²) < 4.78 is 6.41. The number of rotatable bonds is 3. The van der Waals surface area contributed by atoms with Gasteiger partial charge in [0.15, 0.2) is 0 Å². The number of halogens is 1. The molecule has 0 saturated carbocycles. The second kappa shape index (κ2) is 6.20. The van der Waals surface area contributed by atoms with Gasteiger partial charge in [-0.1, -0.05) is 39.3 Å². The number of aromatic nitrogens is 2. The van der Waals surface area contributed by atoms with Crippen molar-refractivity contribution in [1.29, 1.82) is 0 Å². The number of nitrogens with zero attached hydrogens (tertiary/aromatic N) is 3. The lowest BCUT2D eigenvalue weighted by molar-refractivity contribution is -0.117. The molecule has 6 heteroatoms. The summed E-state index contributed by atoms with van der Waals surface area (Å²) in [4.78, 5) is 18.6. The summed E-state index contributed by atoms with van der Waals surface area (Å²) >= 11 is 3.41. The number of carbonyl (C=O) groups excluding carboxylic acids is 1. The normalized spacial score (nSPS) is 17.5. The number of para-hydroxylation sites is 1. The van der Waals surface area contributed by atoms with Gasteiger partial charge in [-0.05, 0) is 36.4 Å². The Morgan fingerprint density at radius 1 is 1.08 bits per heavy atom. The minimum absolute atomic E-state index is 0.0746. The average Bonchev–Trinajstić information content (AvgIpc) is 3.23. The quantitative estimate of drug-likeness (QED) is 0.685. The van der Waals surface area contributed by atoms with E-state index < -0.39 is 0 Å². The SMILES string of the molecule is O=C1CC(c2nc(-c3ccc(Br)cc3)no2)CN1c1ccccc1. The molecule has 3 aromatic rings. The van der Waals surface area contributed by atoms with Crippen molar-refractivity contribution >= 4 is 27.5 Å². The Labute approximate surface area is 147 Å². The lowest BCUT2D eigenvalue weighted by atomic mass is 10.1. The van der Waals surface area contributed by atoms with Gasteiger partial charge in [0, 0.05) is 28.7 Å². The molecular weight excluding hydrogens is 370 g/mol. The first-order chi connectivity index (χ1) is 11.7. The summed E-state index contributed by atoms with van der Waals surface area (Å²) in [5, 5.41) is 4.05. The van der Waals surface area contributed by atoms with Gasteiger partial charge in [-0.15, -0.1) is 0 Å². The second-order valence-electron chi connectivity index (χ2n) is 5.70. The van der Waals surface area contributed by atoms with E-state index >= 15 is 0 Å². The molecule has 2 aromatic carbocycles. The largest absolute Gasteiger partial charge is 0.339 e. The van der Waals surface area contributed by atoms with Crippen molar-refractivity contribution in [3.8, 4) is 11.4 Å². The smallest absolute Gasteiger partial charge is 0.232 e. The van der Waals surface area contributed by atoms with Crippen LogP contribution in [-0.2, 0) is 4.79 Å². The molecule has 0 radical (unpaired) electrons. The summed E-state index contributed by atoms with van der Waals surface area (Å²) in [5.74, 6) is 1.06. The third-order valence-electron chi connectivity index (χ3n) is 4.09. The minimum atomic E-state index is -0.0746. The van der Waals surface area contributed by atoms with Crippen LogP contribution in [0, 0.1) is 0 Å². The molecule has 4 rings (SSSR count). The fraction of sp³-hybridized carbons (Fsp3) is 0.167. The Hall–Kier alpha value is -2.47. The van der Waals surface area contributed by atoms with E-state index in [9.17, 15) is 4.79 Å². The summed E-state index contributed by atoms with van der Waals surface area (Å²) in [6.07, 6.45) is 0.386. The van der Waals surface area contributed by atoms with Crippen molar-refractivity contribution in [2.24, 2.45) is 0 Å². The van der Waals surface area contributed by atoms with Crippen molar-refractivity contribution in [3.05, 3.63) is 65.0 Å². The van der Waals surface area contributed by atoms with Crippen LogP contribution in [0.2, 0.25) is 0 Å². The monoisotopic (exact) mass is 383 g/mol. The molecule has 1 aliphatic rings. The van der Waals surface area contributed by atoms with Crippen molar-refractivity contribution in [3.63, 3.8) is 0 Å². The first-order valence-corrected chi connectivity index (χ1v) is 8.45. The van der Waals surface area contributed by atoms with Crippen LogP contribution < -0.4 is 4.90 Å². The zero-order valence-corrected chi connectivity index (χ0v) is 14.3. The Morgan fingerprint density at radius 3 is 2.58 bits per heavy atom. The lowest BCUT2D eigenvalue weighted by Gasteiger charge is -2.15. The van der Waals surface area contributed by atoms with E-state index in [0.29, 0.717) is 24.7 Å². The summed E-state index contributed by atoms with van der Waals surface area (Å²) in [6, 6.07) is 17.4. The summed E-state index contributed by atoms with van der Waals surface area (Å²) in [6.45, 7) is 0.560. The highest BCUT2D eigenvalue weighted by molar-refractivity contribution is 9.10. The Bertz CT molecular complexity index is 861. The number of amides is 1. The highest BCUT2D eigenvalue weighted by Crippen LogP contribution is 2.31. The van der Waals surface area contributed by atoms with Crippen LogP contribution in [0.1, 0.15) is 18.2 Å². The molecule has 5 nitrogen and oxygen atoms in total. The van der Waals surface area contributed by atoms with Gasteiger partial charge in [-0.2, -0.15) is 4.98 Å². The molecular formula is C18H14BrN3O2. The van der Waals surface area contributed by atoms with Gasteiger partial charge in [0.2, 0.25) is 17.6 Å². The van der Waals surface area contributed by atoms with E-state index in [4.69, 9.17) is 4.52 Å². The van der Waals surface area contributed by atoms with E-state index in [2.05, 4.69) is 26.1 Å². The van der Waals surface area contributed by atoms with Gasteiger partial charge in [-0.25, -0.2) is 0 Å². The lowest BCUT2D eigenvalue weighted by Crippen LogP contribution is -2.24. The first kappa shape index (κ1) is 15.1. The zero-order chi connectivity index (χ0) is 16.5. The van der Waals surface area contributed by atoms with Crippen molar-refractivity contribution in [2.75, 3.05) is 11.4 Å². The third kappa shape index (κ3) is 2.85. The molecule has 1 amide bonds. The molecule has 2 heterocycles. The van der Waals surface area contributed by atoms with Gasteiger partial charge in [-0.3, -0.25) is 4.79 Å². The Morgan fingerprint density at radius 2 is 1.83 bits per heavy atom. The van der Waals surface area contributed by atoms with Gasteiger partial charge in [0.25, 0.3) is 0 Å². The Balaban J connectivity index is 1.55. The number of hydrogen-bond acceptors (Lipinski definition) is 4. The standard InChI is InChI=1S/C18H14BrN3O2/c19-14-8-6-12(7-9-14)17-20-18(24-21-17)13-10-16(23)22(11-13)15-4-2-1-3-5-15/h1-9,13H,10-11H2. The maximum absolute atomic E-state index is 12.3. The van der Waals surface area contributed by atoms with Crippen molar-refractivity contribution in [1.82, 2.24) is 10.1 Å². The predicted molar refractivity (Wildman–Crippen MR) is 93.6 cm³/mol. The maximum Gasteiger partial charge on any atom is 0.232 e. The maximum atomic E-state index is 12.3. The van der Waals surface area contributed by atoms with E-state index in [-0.39, 0.29) is 11.8 Å². The van der Waals surface area contributed by atoms with Crippen LogP contribution in [0.15, 0.2) is 63.6 Å². The number of anilines is 1. The van der Waals surface area contributed by atoms with Crippen LogP contribution in [-0.4, -0.2) is 22.6 Å². The molecule has 1 aromatic heterocycles. The van der Waals surface area contributed by atoms with Crippen molar-refractivity contribution in [2.45, 2.75) is 12.3 Å². The second-order valence-corrected chi connectivity index (χ2v) is 6.62. The van der Waals surface area contributed by atoms with E-state index in [1.807, 2.05) is 54.6 Å². The molecule has 1 fully saturated rings. The molecule has 0 aliphatic carbocycles. The molecule has 1 unspecified atom stereocenters. The molecule has 1 aliphatic heterocycles. The predicted octanol–water partition coefficient (Wildman–Crippen LogP) is 4.02. The number of carbonyl (C=O) groups is 1. The van der Waals surface area contributed by atoms with Gasteiger partial charge >= 0.3 is 0 Å². The topological polar surface area (TPSA) is 59.2 Å². The molecule has 1 saturated heterocycles. The third-order valence-corrected chi connectivity index (χ3v) is 4.61. The average molecular weight is 384 g/mol. The zero-order valence-electron chi connectivity index (χ0n) is 12.7.